The fourth-order valence-electron chi connectivity index (χ4n) is 2.35. The van der Waals surface area contributed by atoms with Crippen LogP contribution >= 0.6 is 0 Å². The first-order valence-electron chi connectivity index (χ1n) is 7.27. The Kier molecular flexibility index (Phi) is 3.54. The number of fused-ring (bicyclic) bond motifs is 1. The molecule has 0 spiro atoms. The van der Waals surface area contributed by atoms with Crippen LogP contribution in [0, 0.1) is 0 Å². The molecule has 0 saturated heterocycles. The van der Waals surface area contributed by atoms with E-state index in [0.29, 0.717) is 23.7 Å². The smallest absolute Gasteiger partial charge is 0.251 e. The molecule has 0 aliphatic carbocycles. The van der Waals surface area contributed by atoms with Crippen LogP contribution in [0.4, 0.5) is 0 Å². The third-order valence-corrected chi connectivity index (χ3v) is 3.55. The van der Waals surface area contributed by atoms with E-state index in [0.717, 1.165) is 11.3 Å². The van der Waals surface area contributed by atoms with Crippen molar-refractivity contribution in [1.82, 2.24) is 25.1 Å². The topological polar surface area (TPSA) is 91.2 Å². The molecule has 3 aromatic rings. The van der Waals surface area contributed by atoms with Gasteiger partial charge in [-0.05, 0) is 29.8 Å². The fraction of sp³-hybridized carbons (Fsp3) is 0.125. The lowest BCUT2D eigenvalue weighted by molar-refractivity contribution is 0.0950. The maximum absolute atomic E-state index is 12.3. The Morgan fingerprint density at radius 1 is 1.21 bits per heavy atom. The molecule has 1 aromatic carbocycles. The van der Waals surface area contributed by atoms with Gasteiger partial charge >= 0.3 is 0 Å². The summed E-state index contributed by atoms with van der Waals surface area (Å²) in [6.07, 6.45) is 4.50. The molecule has 8 nitrogen and oxygen atoms in total. The largest absolute Gasteiger partial charge is 0.454 e. The zero-order valence-corrected chi connectivity index (χ0v) is 12.5. The van der Waals surface area contributed by atoms with Crippen LogP contribution in [-0.4, -0.2) is 32.4 Å². The van der Waals surface area contributed by atoms with Gasteiger partial charge in [0.25, 0.3) is 5.91 Å². The molecule has 0 fully saturated rings. The van der Waals surface area contributed by atoms with Crippen LogP contribution < -0.4 is 14.8 Å². The monoisotopic (exact) mass is 323 g/mol. The third-order valence-electron chi connectivity index (χ3n) is 3.55. The molecule has 4 rings (SSSR count). The number of hydrogen-bond acceptors (Lipinski definition) is 6. The van der Waals surface area contributed by atoms with Crippen LogP contribution in [0.5, 0.6) is 11.5 Å². The number of ether oxygens (including phenoxy) is 2. The van der Waals surface area contributed by atoms with Crippen molar-refractivity contribution in [3.05, 3.63) is 60.3 Å². The molecule has 8 heteroatoms. The first-order valence-corrected chi connectivity index (χ1v) is 7.27. The highest BCUT2D eigenvalue weighted by molar-refractivity contribution is 5.94. The summed E-state index contributed by atoms with van der Waals surface area (Å²) in [5.74, 6) is 1.75. The summed E-state index contributed by atoms with van der Waals surface area (Å²) in [5.41, 5.74) is 1.43. The van der Waals surface area contributed by atoms with Crippen molar-refractivity contribution in [2.75, 3.05) is 6.79 Å². The van der Waals surface area contributed by atoms with Gasteiger partial charge in [-0.2, -0.15) is 5.10 Å². The average molecular weight is 323 g/mol. The van der Waals surface area contributed by atoms with Crippen molar-refractivity contribution < 1.29 is 14.3 Å². The molecule has 0 saturated carbocycles. The number of rotatable bonds is 4. The summed E-state index contributed by atoms with van der Waals surface area (Å²) in [6, 6.07) is 8.88. The molecule has 1 N–H and O–H groups in total. The van der Waals surface area contributed by atoms with E-state index in [9.17, 15) is 4.79 Å². The van der Waals surface area contributed by atoms with E-state index >= 15 is 0 Å². The minimum absolute atomic E-state index is 0.198. The second kappa shape index (κ2) is 5.99. The van der Waals surface area contributed by atoms with Crippen molar-refractivity contribution in [3.8, 4) is 17.3 Å². The van der Waals surface area contributed by atoms with Crippen molar-refractivity contribution in [3.63, 3.8) is 0 Å². The number of carbonyl (C=O) groups excluding carboxylic acids is 1. The van der Waals surface area contributed by atoms with Gasteiger partial charge < -0.3 is 14.8 Å². The van der Waals surface area contributed by atoms with Crippen molar-refractivity contribution in [2.45, 2.75) is 6.54 Å². The summed E-state index contributed by atoms with van der Waals surface area (Å²) >= 11 is 0. The molecule has 2 aromatic heterocycles. The Bertz CT molecular complexity index is 879. The lowest BCUT2D eigenvalue weighted by atomic mass is 10.2. The van der Waals surface area contributed by atoms with Gasteiger partial charge in [0.05, 0.1) is 0 Å². The van der Waals surface area contributed by atoms with Gasteiger partial charge in [0, 0.05) is 18.3 Å². The van der Waals surface area contributed by atoms with Crippen LogP contribution in [0.25, 0.3) is 5.82 Å². The quantitative estimate of drug-likeness (QED) is 0.778. The molecule has 1 amide bonds. The van der Waals surface area contributed by atoms with Crippen LogP contribution in [-0.2, 0) is 6.54 Å². The van der Waals surface area contributed by atoms with E-state index in [2.05, 4.69) is 20.4 Å². The van der Waals surface area contributed by atoms with Crippen LogP contribution in [0.2, 0.25) is 0 Å². The maximum Gasteiger partial charge on any atom is 0.251 e. The number of nitrogens with one attached hydrogen (secondary N) is 1. The van der Waals surface area contributed by atoms with Gasteiger partial charge in [-0.3, -0.25) is 4.79 Å². The van der Waals surface area contributed by atoms with E-state index < -0.39 is 0 Å². The van der Waals surface area contributed by atoms with Crippen molar-refractivity contribution in [2.24, 2.45) is 0 Å². The number of amides is 1. The Labute approximate surface area is 137 Å². The van der Waals surface area contributed by atoms with Crippen molar-refractivity contribution in [1.29, 1.82) is 0 Å². The Balaban J connectivity index is 1.46. The number of pyridine rings is 1. The minimum atomic E-state index is -0.198. The normalized spacial score (nSPS) is 12.2. The second-order valence-electron chi connectivity index (χ2n) is 5.11. The van der Waals surface area contributed by atoms with E-state index in [1.165, 1.54) is 17.3 Å². The number of benzene rings is 1. The zero-order valence-electron chi connectivity index (χ0n) is 12.5. The predicted molar refractivity (Wildman–Crippen MR) is 82.9 cm³/mol. The standard InChI is InChI=1S/C16H13N5O3/c22-16(12-3-4-18-15(6-12)21-9-17-8-20-21)19-7-11-1-2-13-14(5-11)24-10-23-13/h1-6,8-9H,7,10H2,(H,19,22). The number of carbonyl (C=O) groups is 1. The summed E-state index contributed by atoms with van der Waals surface area (Å²) in [5, 5.41) is 6.87. The van der Waals surface area contributed by atoms with Crippen LogP contribution in [0.1, 0.15) is 15.9 Å². The molecule has 0 bridgehead atoms. The summed E-state index contributed by atoms with van der Waals surface area (Å²) in [4.78, 5) is 20.4. The van der Waals surface area contributed by atoms with Crippen LogP contribution in [0.15, 0.2) is 49.2 Å². The number of nitrogens with zero attached hydrogens (tertiary/aromatic N) is 4. The molecule has 0 radical (unpaired) electrons. The second-order valence-corrected chi connectivity index (χ2v) is 5.11. The van der Waals surface area contributed by atoms with Gasteiger partial charge in [0.2, 0.25) is 6.79 Å². The third kappa shape index (κ3) is 2.76. The number of hydrogen-bond donors (Lipinski definition) is 1. The average Bonchev–Trinajstić information content (AvgIpc) is 3.30. The molecule has 0 atom stereocenters. The van der Waals surface area contributed by atoms with E-state index in [-0.39, 0.29) is 12.7 Å². The van der Waals surface area contributed by atoms with Crippen molar-refractivity contribution >= 4 is 5.91 Å². The Hall–Kier alpha value is -3.42. The van der Waals surface area contributed by atoms with Crippen LogP contribution in [0.3, 0.4) is 0 Å². The first-order chi connectivity index (χ1) is 11.8. The Morgan fingerprint density at radius 2 is 2.12 bits per heavy atom. The van der Waals surface area contributed by atoms with Gasteiger partial charge in [-0.25, -0.2) is 14.6 Å². The summed E-state index contributed by atoms with van der Waals surface area (Å²) in [7, 11) is 0. The Morgan fingerprint density at radius 3 is 3.00 bits per heavy atom. The molecular formula is C16H13N5O3. The highest BCUT2D eigenvalue weighted by Crippen LogP contribution is 2.32. The molecule has 1 aliphatic heterocycles. The highest BCUT2D eigenvalue weighted by atomic mass is 16.7. The highest BCUT2D eigenvalue weighted by Gasteiger charge is 2.14. The van der Waals surface area contributed by atoms with E-state index in [1.54, 1.807) is 18.3 Å². The molecular weight excluding hydrogens is 310 g/mol. The molecule has 24 heavy (non-hydrogen) atoms. The predicted octanol–water partition coefficient (Wildman–Crippen LogP) is 1.32. The first kappa shape index (κ1) is 14.2. The fourth-order valence-corrected chi connectivity index (χ4v) is 2.35. The molecule has 0 unspecified atom stereocenters. The lowest BCUT2D eigenvalue weighted by Gasteiger charge is -2.07. The summed E-state index contributed by atoms with van der Waals surface area (Å²) < 4.78 is 12.1. The van der Waals surface area contributed by atoms with Gasteiger partial charge in [-0.1, -0.05) is 6.07 Å². The van der Waals surface area contributed by atoms with Gasteiger partial charge in [0.1, 0.15) is 12.7 Å². The van der Waals surface area contributed by atoms with Gasteiger partial charge in [-0.15, -0.1) is 0 Å². The lowest BCUT2D eigenvalue weighted by Crippen LogP contribution is -2.23. The SMILES string of the molecule is O=C(NCc1ccc2c(c1)OCO2)c1ccnc(-n2cncn2)c1. The van der Waals surface area contributed by atoms with E-state index in [4.69, 9.17) is 9.47 Å². The maximum atomic E-state index is 12.3. The van der Waals surface area contributed by atoms with E-state index in [1.807, 2.05) is 18.2 Å². The minimum Gasteiger partial charge on any atom is -0.454 e. The summed E-state index contributed by atoms with van der Waals surface area (Å²) in [6.45, 7) is 0.615. The molecule has 120 valence electrons. The zero-order chi connectivity index (χ0) is 16.4. The molecule has 1 aliphatic rings. The number of aromatic nitrogens is 4. The van der Waals surface area contributed by atoms with Gasteiger partial charge in [0.15, 0.2) is 17.3 Å². The molecule has 3 heterocycles.